The first-order chi connectivity index (χ1) is 12.2. The number of likely N-dealkylation sites (N-methyl/N-ethyl adjacent to an activating group) is 1. The van der Waals surface area contributed by atoms with Crippen LogP contribution >= 0.6 is 11.3 Å². The monoisotopic (exact) mass is 349 g/mol. The number of pyridine rings is 1. The minimum Gasteiger partial charge on any atom is -0.368 e. The van der Waals surface area contributed by atoms with Gasteiger partial charge < -0.3 is 10.6 Å². The first-order valence-corrected chi connectivity index (χ1v) is 9.15. The molecule has 0 saturated heterocycles. The van der Waals surface area contributed by atoms with E-state index in [4.69, 9.17) is 4.98 Å². The first-order valence-electron chi connectivity index (χ1n) is 8.34. The molecule has 4 nitrogen and oxygen atoms in total. The van der Waals surface area contributed by atoms with E-state index in [0.717, 1.165) is 55.5 Å². The number of hydrogen-bond acceptors (Lipinski definition) is 5. The summed E-state index contributed by atoms with van der Waals surface area (Å²) in [5, 5.41) is 8.98. The average molecular weight is 349 g/mol. The lowest BCUT2D eigenvalue weighted by Crippen LogP contribution is -2.18. The summed E-state index contributed by atoms with van der Waals surface area (Å²) in [6.07, 6.45) is 0. The number of nitrogens with one attached hydrogen (secondary N) is 2. The summed E-state index contributed by atoms with van der Waals surface area (Å²) in [7, 11) is 1.92. The number of aromatic nitrogens is 1. The number of hydrogen-bond donors (Lipinski definition) is 2. The molecule has 2 aromatic carbocycles. The quantitative estimate of drug-likeness (QED) is 0.333. The zero-order chi connectivity index (χ0) is 17.4. The molecule has 2 N–H and O–H groups in total. The maximum absolute atomic E-state index is 13.3. The number of benzene rings is 2. The predicted octanol–water partition coefficient (Wildman–Crippen LogP) is 3.90. The molecule has 0 aliphatic carbocycles. The van der Waals surface area contributed by atoms with Gasteiger partial charge in [-0.25, -0.2) is 4.98 Å². The van der Waals surface area contributed by atoms with Crippen molar-refractivity contribution in [1.29, 1.82) is 0 Å². The van der Waals surface area contributed by atoms with E-state index in [-0.39, 0.29) is 5.43 Å². The van der Waals surface area contributed by atoms with Crippen LogP contribution in [0, 0.1) is 6.92 Å². The lowest BCUT2D eigenvalue weighted by Gasteiger charge is -2.12. The molecule has 2 aromatic heterocycles. The lowest BCUT2D eigenvalue weighted by atomic mass is 10.1. The highest BCUT2D eigenvalue weighted by molar-refractivity contribution is 7.25. The molecule has 0 unspecified atom stereocenters. The van der Waals surface area contributed by atoms with Gasteiger partial charge in [0.05, 0.1) is 15.6 Å². The second-order valence-corrected chi connectivity index (χ2v) is 7.12. The Hall–Kier alpha value is -2.50. The number of fused-ring (bicyclic) bond motifs is 4. The summed E-state index contributed by atoms with van der Waals surface area (Å²) in [4.78, 5) is 18.1. The van der Waals surface area contributed by atoms with Gasteiger partial charge in [-0.3, -0.25) is 4.79 Å². The Kier molecular flexibility index (Phi) is 4.11. The van der Waals surface area contributed by atoms with Crippen LogP contribution in [0.3, 0.4) is 0 Å². The zero-order valence-corrected chi connectivity index (χ0v) is 15.0. The van der Waals surface area contributed by atoms with E-state index in [1.807, 2.05) is 56.4 Å². The first kappa shape index (κ1) is 16.0. The summed E-state index contributed by atoms with van der Waals surface area (Å²) < 4.78 is 1.97. The van der Waals surface area contributed by atoms with E-state index in [1.165, 1.54) is 0 Å². The summed E-state index contributed by atoms with van der Waals surface area (Å²) in [5.74, 6) is 0.788. The molecule has 0 spiro atoms. The van der Waals surface area contributed by atoms with E-state index >= 15 is 0 Å². The van der Waals surface area contributed by atoms with Crippen molar-refractivity contribution < 1.29 is 0 Å². The van der Waals surface area contributed by atoms with Crippen LogP contribution in [0.5, 0.6) is 0 Å². The number of nitrogens with zero attached hydrogens (tertiary/aromatic N) is 1. The van der Waals surface area contributed by atoms with Crippen LogP contribution in [0.4, 0.5) is 5.82 Å². The molecule has 2 heterocycles. The van der Waals surface area contributed by atoms with Crippen LogP contribution in [0.1, 0.15) is 5.56 Å². The average Bonchev–Trinajstić information content (AvgIpc) is 2.63. The van der Waals surface area contributed by atoms with Gasteiger partial charge in [0.15, 0.2) is 5.43 Å². The fraction of sp³-hybridized carbons (Fsp3) is 0.200. The molecule has 4 rings (SSSR count). The Morgan fingerprint density at radius 1 is 1.00 bits per heavy atom. The summed E-state index contributed by atoms with van der Waals surface area (Å²) >= 11 is 1.65. The predicted molar refractivity (Wildman–Crippen MR) is 108 cm³/mol. The van der Waals surface area contributed by atoms with E-state index in [2.05, 4.69) is 10.6 Å². The third-order valence-electron chi connectivity index (χ3n) is 4.40. The maximum atomic E-state index is 13.3. The molecule has 0 aliphatic rings. The molecule has 0 radical (unpaired) electrons. The molecule has 0 atom stereocenters. The standard InChI is InChI=1S/C20H19N3OS/c1-12-6-5-8-14-17(24)16-13-7-3-4-9-15(13)23-20(22-11-10-21-2)19(16)25-18(12)14/h3-9,21H,10-11H2,1-2H3,(H,22,23). The molecule has 0 amide bonds. The van der Waals surface area contributed by atoms with E-state index < -0.39 is 0 Å². The SMILES string of the molecule is CNCCNc1nc2ccccc2c2c(=O)c3cccc(C)c3sc12. The van der Waals surface area contributed by atoms with Crippen LogP contribution in [0.15, 0.2) is 47.3 Å². The number of anilines is 1. The largest absolute Gasteiger partial charge is 0.368 e. The molecular weight excluding hydrogens is 330 g/mol. The van der Waals surface area contributed by atoms with Gasteiger partial charge in [-0.05, 0) is 31.7 Å². The molecule has 0 aliphatic heterocycles. The van der Waals surface area contributed by atoms with Gasteiger partial charge in [-0.15, -0.1) is 11.3 Å². The van der Waals surface area contributed by atoms with Crippen LogP contribution in [0.2, 0.25) is 0 Å². The van der Waals surface area contributed by atoms with Crippen LogP contribution in [0.25, 0.3) is 31.1 Å². The highest BCUT2D eigenvalue weighted by atomic mass is 32.1. The molecule has 5 heteroatoms. The van der Waals surface area contributed by atoms with Crippen molar-refractivity contribution in [3.63, 3.8) is 0 Å². The molecular formula is C20H19N3OS. The molecule has 0 fully saturated rings. The van der Waals surface area contributed by atoms with Gasteiger partial charge in [-0.2, -0.15) is 0 Å². The van der Waals surface area contributed by atoms with Crippen molar-refractivity contribution in [1.82, 2.24) is 10.3 Å². The summed E-state index contributed by atoms with van der Waals surface area (Å²) in [6.45, 7) is 3.63. The second-order valence-electron chi connectivity index (χ2n) is 6.09. The van der Waals surface area contributed by atoms with Gasteiger partial charge in [0.25, 0.3) is 0 Å². The Morgan fingerprint density at radius 2 is 1.80 bits per heavy atom. The van der Waals surface area contributed by atoms with Gasteiger partial charge >= 0.3 is 0 Å². The number of aryl methyl sites for hydroxylation is 1. The van der Waals surface area contributed by atoms with Crippen molar-refractivity contribution in [2.75, 3.05) is 25.5 Å². The Bertz CT molecular complexity index is 1150. The third-order valence-corrected chi connectivity index (χ3v) is 5.75. The van der Waals surface area contributed by atoms with E-state index in [0.29, 0.717) is 0 Å². The lowest BCUT2D eigenvalue weighted by molar-refractivity contribution is 0.822. The smallest absolute Gasteiger partial charge is 0.196 e. The van der Waals surface area contributed by atoms with Gasteiger partial charge in [0, 0.05) is 28.6 Å². The normalized spacial score (nSPS) is 11.4. The highest BCUT2D eigenvalue weighted by Gasteiger charge is 2.15. The molecule has 126 valence electrons. The Morgan fingerprint density at radius 3 is 2.64 bits per heavy atom. The van der Waals surface area contributed by atoms with Crippen molar-refractivity contribution in [3.8, 4) is 0 Å². The van der Waals surface area contributed by atoms with Crippen molar-refractivity contribution in [2.45, 2.75) is 6.92 Å². The van der Waals surface area contributed by atoms with Gasteiger partial charge in [-0.1, -0.05) is 30.3 Å². The van der Waals surface area contributed by atoms with Gasteiger partial charge in [0.1, 0.15) is 5.82 Å². The molecule has 25 heavy (non-hydrogen) atoms. The topological polar surface area (TPSA) is 54.0 Å². The summed E-state index contributed by atoms with van der Waals surface area (Å²) in [6, 6.07) is 13.8. The van der Waals surface area contributed by atoms with Crippen LogP contribution in [-0.2, 0) is 0 Å². The van der Waals surface area contributed by atoms with Crippen LogP contribution < -0.4 is 16.1 Å². The third kappa shape index (κ3) is 2.65. The number of rotatable bonds is 4. The van der Waals surface area contributed by atoms with Crippen molar-refractivity contribution in [3.05, 3.63) is 58.3 Å². The van der Waals surface area contributed by atoms with E-state index in [9.17, 15) is 4.79 Å². The Labute approximate surface area is 149 Å². The summed E-state index contributed by atoms with van der Waals surface area (Å²) in [5.41, 5.74) is 2.05. The number of para-hydroxylation sites is 1. The van der Waals surface area contributed by atoms with Crippen molar-refractivity contribution >= 4 is 48.2 Å². The zero-order valence-electron chi connectivity index (χ0n) is 14.2. The maximum Gasteiger partial charge on any atom is 0.196 e. The Balaban J connectivity index is 2.14. The molecule has 0 bridgehead atoms. The minimum atomic E-state index is 0.0858. The fourth-order valence-corrected chi connectivity index (χ4v) is 4.37. The van der Waals surface area contributed by atoms with E-state index in [1.54, 1.807) is 11.3 Å². The van der Waals surface area contributed by atoms with Crippen LogP contribution in [-0.4, -0.2) is 25.1 Å². The minimum absolute atomic E-state index is 0.0858. The van der Waals surface area contributed by atoms with Gasteiger partial charge in [0.2, 0.25) is 0 Å². The van der Waals surface area contributed by atoms with Crippen molar-refractivity contribution in [2.24, 2.45) is 0 Å². The highest BCUT2D eigenvalue weighted by Crippen LogP contribution is 2.34. The fourth-order valence-electron chi connectivity index (χ4n) is 3.15. The molecule has 0 saturated carbocycles. The second kappa shape index (κ2) is 6.43. The molecule has 4 aromatic rings.